The Balaban J connectivity index is 1.83. The van der Waals surface area contributed by atoms with Gasteiger partial charge in [-0.25, -0.2) is 5.11 Å². The van der Waals surface area contributed by atoms with Crippen LogP contribution in [0.15, 0.2) is 0 Å². The summed E-state index contributed by atoms with van der Waals surface area (Å²) < 4.78 is 5.61. The number of nitrogens with zero attached hydrogens (tertiary/aromatic N) is 1. The van der Waals surface area contributed by atoms with Gasteiger partial charge in [0.1, 0.15) is 0 Å². The average molecular weight is 156 g/mol. The highest BCUT2D eigenvalue weighted by atomic mass is 16.5. The van der Waals surface area contributed by atoms with E-state index in [-0.39, 0.29) is 12.2 Å². The van der Waals surface area contributed by atoms with Crippen LogP contribution in [0.4, 0.5) is 0 Å². The quantitative estimate of drug-likeness (QED) is 0.575. The Kier molecular flexibility index (Phi) is 1.87. The molecular weight excluding hydrogens is 142 g/mol. The van der Waals surface area contributed by atoms with Crippen molar-refractivity contribution in [1.82, 2.24) is 4.90 Å². The second-order valence-corrected chi connectivity index (χ2v) is 3.51. The molecule has 0 aromatic carbocycles. The standard InChI is InChI=1S/C8H14NO2/c10-5-3-9-4-6-11-8(7-9)1-2-8/h1-7H2. The highest BCUT2D eigenvalue weighted by Gasteiger charge is 2.47. The fourth-order valence-electron chi connectivity index (χ4n) is 1.69. The molecule has 63 valence electrons. The zero-order valence-corrected chi connectivity index (χ0v) is 6.71. The minimum absolute atomic E-state index is 0.0239. The van der Waals surface area contributed by atoms with Gasteiger partial charge in [0.15, 0.2) is 0 Å². The molecule has 0 bridgehead atoms. The van der Waals surface area contributed by atoms with Gasteiger partial charge in [0.2, 0.25) is 0 Å². The lowest BCUT2D eigenvalue weighted by atomic mass is 10.2. The molecule has 2 aliphatic rings. The fourth-order valence-corrected chi connectivity index (χ4v) is 1.69. The first-order chi connectivity index (χ1) is 5.35. The summed E-state index contributed by atoms with van der Waals surface area (Å²) in [5.74, 6) is 0. The molecule has 0 amide bonds. The second kappa shape index (κ2) is 2.73. The van der Waals surface area contributed by atoms with E-state index in [1.54, 1.807) is 0 Å². The largest absolute Gasteiger partial charge is 0.372 e. The molecule has 1 aliphatic heterocycles. The molecule has 0 atom stereocenters. The van der Waals surface area contributed by atoms with Crippen LogP contribution < -0.4 is 0 Å². The topological polar surface area (TPSA) is 32.4 Å². The van der Waals surface area contributed by atoms with Crippen LogP contribution >= 0.6 is 0 Å². The van der Waals surface area contributed by atoms with Gasteiger partial charge in [-0.1, -0.05) is 0 Å². The maximum absolute atomic E-state index is 10.3. The van der Waals surface area contributed by atoms with Crippen molar-refractivity contribution in [2.75, 3.05) is 32.8 Å². The van der Waals surface area contributed by atoms with Crippen LogP contribution in [0.3, 0.4) is 0 Å². The minimum Gasteiger partial charge on any atom is -0.372 e. The first kappa shape index (κ1) is 7.53. The zero-order valence-electron chi connectivity index (χ0n) is 6.71. The molecule has 1 saturated heterocycles. The van der Waals surface area contributed by atoms with E-state index >= 15 is 0 Å². The smallest absolute Gasteiger partial charge is 0.0949 e. The van der Waals surface area contributed by atoms with Gasteiger partial charge in [0.05, 0.1) is 18.8 Å². The number of hydrogen-bond donors (Lipinski definition) is 0. The van der Waals surface area contributed by atoms with Crippen LogP contribution in [0.5, 0.6) is 0 Å². The highest BCUT2D eigenvalue weighted by Crippen LogP contribution is 2.41. The maximum Gasteiger partial charge on any atom is 0.0949 e. The predicted molar refractivity (Wildman–Crippen MR) is 39.9 cm³/mol. The summed E-state index contributed by atoms with van der Waals surface area (Å²) in [7, 11) is 0. The molecule has 3 heteroatoms. The Bertz CT molecular complexity index is 143. The van der Waals surface area contributed by atoms with Crippen molar-refractivity contribution in [3.05, 3.63) is 0 Å². The number of rotatable bonds is 2. The molecule has 2 fully saturated rings. The molecule has 1 saturated carbocycles. The lowest BCUT2D eigenvalue weighted by Gasteiger charge is -2.32. The van der Waals surface area contributed by atoms with Gasteiger partial charge >= 0.3 is 0 Å². The van der Waals surface area contributed by atoms with Gasteiger partial charge in [-0.3, -0.25) is 4.90 Å². The Hall–Kier alpha value is -0.120. The summed E-state index contributed by atoms with van der Waals surface area (Å²) in [5, 5.41) is 10.3. The average Bonchev–Trinajstić information content (AvgIpc) is 2.70. The summed E-state index contributed by atoms with van der Waals surface area (Å²) in [4.78, 5) is 2.23. The Morgan fingerprint density at radius 3 is 2.91 bits per heavy atom. The summed E-state index contributed by atoms with van der Waals surface area (Å²) in [6.07, 6.45) is 2.39. The van der Waals surface area contributed by atoms with Crippen molar-refractivity contribution >= 4 is 0 Å². The molecule has 0 N–H and O–H groups in total. The van der Waals surface area contributed by atoms with E-state index in [9.17, 15) is 5.11 Å². The van der Waals surface area contributed by atoms with Crippen LogP contribution in [-0.4, -0.2) is 43.3 Å². The lowest BCUT2D eigenvalue weighted by molar-refractivity contribution is -0.0515. The summed E-state index contributed by atoms with van der Waals surface area (Å²) >= 11 is 0. The molecule has 1 aliphatic carbocycles. The van der Waals surface area contributed by atoms with E-state index in [0.717, 1.165) is 19.7 Å². The normalized spacial score (nSPS) is 29.2. The Labute approximate surface area is 66.9 Å². The zero-order chi connectivity index (χ0) is 7.73. The monoisotopic (exact) mass is 156 g/mol. The van der Waals surface area contributed by atoms with Crippen molar-refractivity contribution < 1.29 is 9.84 Å². The summed E-state index contributed by atoms with van der Waals surface area (Å²) in [6, 6.07) is 0. The van der Waals surface area contributed by atoms with Gasteiger partial charge in [0.25, 0.3) is 0 Å². The summed E-state index contributed by atoms with van der Waals surface area (Å²) in [5.41, 5.74) is 0.188. The van der Waals surface area contributed by atoms with E-state index < -0.39 is 0 Å². The predicted octanol–water partition coefficient (Wildman–Crippen LogP) is 0.282. The molecule has 0 unspecified atom stereocenters. The third kappa shape index (κ3) is 1.55. The third-order valence-electron chi connectivity index (χ3n) is 2.54. The molecule has 3 nitrogen and oxygen atoms in total. The SMILES string of the molecule is [O]CCN1CCOC2(CC2)C1. The molecule has 1 heterocycles. The molecule has 0 aromatic rings. The van der Waals surface area contributed by atoms with Crippen LogP contribution in [0, 0.1) is 0 Å². The van der Waals surface area contributed by atoms with Crippen molar-refractivity contribution in [3.8, 4) is 0 Å². The van der Waals surface area contributed by atoms with E-state index in [1.807, 2.05) is 0 Å². The van der Waals surface area contributed by atoms with Gasteiger partial charge < -0.3 is 4.74 Å². The van der Waals surface area contributed by atoms with Crippen molar-refractivity contribution in [2.24, 2.45) is 0 Å². The van der Waals surface area contributed by atoms with Gasteiger partial charge in [0, 0.05) is 19.6 Å². The molecule has 1 radical (unpaired) electrons. The molecule has 11 heavy (non-hydrogen) atoms. The minimum atomic E-state index is 0.0239. The third-order valence-corrected chi connectivity index (χ3v) is 2.54. The van der Waals surface area contributed by atoms with Crippen molar-refractivity contribution in [2.45, 2.75) is 18.4 Å². The van der Waals surface area contributed by atoms with Crippen molar-refractivity contribution in [3.63, 3.8) is 0 Å². The molecule has 0 aromatic heterocycles. The molecular formula is C8H14NO2. The van der Waals surface area contributed by atoms with E-state index in [4.69, 9.17) is 4.74 Å². The first-order valence-corrected chi connectivity index (χ1v) is 4.29. The van der Waals surface area contributed by atoms with E-state index in [2.05, 4.69) is 4.90 Å². The summed E-state index contributed by atoms with van der Waals surface area (Å²) in [6.45, 7) is 3.49. The highest BCUT2D eigenvalue weighted by molar-refractivity contribution is 5.00. The van der Waals surface area contributed by atoms with Crippen molar-refractivity contribution in [1.29, 1.82) is 0 Å². The second-order valence-electron chi connectivity index (χ2n) is 3.51. The molecule has 2 rings (SSSR count). The number of morpholine rings is 1. The van der Waals surface area contributed by atoms with Gasteiger partial charge in [-0.05, 0) is 12.8 Å². The maximum atomic E-state index is 10.3. The van der Waals surface area contributed by atoms with Crippen LogP contribution in [0.2, 0.25) is 0 Å². The molecule has 1 spiro atoms. The van der Waals surface area contributed by atoms with E-state index in [1.165, 1.54) is 12.8 Å². The van der Waals surface area contributed by atoms with Crippen LogP contribution in [-0.2, 0) is 9.84 Å². The Morgan fingerprint density at radius 2 is 2.27 bits per heavy atom. The lowest BCUT2D eigenvalue weighted by Crippen LogP contribution is -2.44. The van der Waals surface area contributed by atoms with E-state index in [0.29, 0.717) is 6.54 Å². The van der Waals surface area contributed by atoms with Crippen LogP contribution in [0.25, 0.3) is 0 Å². The van der Waals surface area contributed by atoms with Crippen LogP contribution in [0.1, 0.15) is 12.8 Å². The Morgan fingerprint density at radius 1 is 1.45 bits per heavy atom. The number of hydrogen-bond acceptors (Lipinski definition) is 2. The number of ether oxygens (including phenoxy) is 1. The fraction of sp³-hybridized carbons (Fsp3) is 1.00. The van der Waals surface area contributed by atoms with Gasteiger partial charge in [-0.15, -0.1) is 0 Å². The van der Waals surface area contributed by atoms with Gasteiger partial charge in [-0.2, -0.15) is 0 Å². The first-order valence-electron chi connectivity index (χ1n) is 4.29.